The lowest BCUT2D eigenvalue weighted by atomic mass is 10.2. The summed E-state index contributed by atoms with van der Waals surface area (Å²) in [6.45, 7) is -0.169. The van der Waals surface area contributed by atoms with Gasteiger partial charge in [0.05, 0.1) is 5.02 Å². The molecule has 10 heteroatoms. The lowest BCUT2D eigenvalue weighted by Crippen LogP contribution is -2.36. The molecule has 0 spiro atoms. The summed E-state index contributed by atoms with van der Waals surface area (Å²) >= 11 is 5.98. The molecular formula is C14H17ClF2N2O4S. The maximum atomic E-state index is 12.7. The van der Waals surface area contributed by atoms with Crippen LogP contribution in [-0.2, 0) is 14.9 Å². The summed E-state index contributed by atoms with van der Waals surface area (Å²) in [7, 11) is -3.82. The van der Waals surface area contributed by atoms with Crippen LogP contribution in [0.15, 0.2) is 23.1 Å². The monoisotopic (exact) mass is 382 g/mol. The number of benzene rings is 1. The third-order valence-corrected chi connectivity index (χ3v) is 5.88. The number of amides is 1. The fourth-order valence-corrected chi connectivity index (χ4v) is 4.33. The molecule has 1 amide bonds. The van der Waals surface area contributed by atoms with Crippen LogP contribution in [0.3, 0.4) is 0 Å². The average molecular weight is 383 g/mol. The predicted octanol–water partition coefficient (Wildman–Crippen LogP) is 2.44. The summed E-state index contributed by atoms with van der Waals surface area (Å²) in [4.78, 5) is 16.0. The van der Waals surface area contributed by atoms with Crippen LogP contribution in [0.5, 0.6) is 0 Å². The highest BCUT2D eigenvalue weighted by Gasteiger charge is 2.28. The van der Waals surface area contributed by atoms with Crippen molar-refractivity contribution in [1.29, 1.82) is 0 Å². The van der Waals surface area contributed by atoms with Crippen molar-refractivity contribution in [1.82, 2.24) is 9.79 Å². The molecular weight excluding hydrogens is 366 g/mol. The van der Waals surface area contributed by atoms with Crippen LogP contribution in [-0.4, -0.2) is 44.8 Å². The molecule has 1 aromatic rings. The first-order valence-electron chi connectivity index (χ1n) is 7.32. The van der Waals surface area contributed by atoms with Gasteiger partial charge in [0, 0.05) is 18.7 Å². The Balaban J connectivity index is 2.20. The van der Waals surface area contributed by atoms with Gasteiger partial charge in [-0.05, 0) is 31.0 Å². The second-order valence-corrected chi connectivity index (χ2v) is 7.56. The molecule has 1 N–H and O–H groups in total. The van der Waals surface area contributed by atoms with E-state index in [4.69, 9.17) is 11.6 Å². The Labute approximate surface area is 143 Å². The van der Waals surface area contributed by atoms with Gasteiger partial charge in [-0.15, -0.1) is 0 Å². The molecule has 1 fully saturated rings. The van der Waals surface area contributed by atoms with E-state index in [0.717, 1.165) is 25.3 Å². The minimum Gasteiger partial charge on any atom is -0.267 e. The van der Waals surface area contributed by atoms with E-state index in [1.165, 1.54) is 16.4 Å². The highest BCUT2D eigenvalue weighted by molar-refractivity contribution is 7.89. The molecule has 1 aromatic carbocycles. The summed E-state index contributed by atoms with van der Waals surface area (Å²) < 4.78 is 50.6. The van der Waals surface area contributed by atoms with Crippen LogP contribution in [0.2, 0.25) is 5.02 Å². The van der Waals surface area contributed by atoms with E-state index in [9.17, 15) is 22.0 Å². The quantitative estimate of drug-likeness (QED) is 0.767. The molecule has 0 atom stereocenters. The Morgan fingerprint density at radius 2 is 1.96 bits per heavy atom. The first kappa shape index (κ1) is 19.0. The molecule has 24 heavy (non-hydrogen) atoms. The van der Waals surface area contributed by atoms with E-state index < -0.39 is 29.0 Å². The van der Waals surface area contributed by atoms with E-state index in [1.54, 1.807) is 0 Å². The Bertz CT molecular complexity index is 694. The Morgan fingerprint density at radius 3 is 2.58 bits per heavy atom. The summed E-state index contributed by atoms with van der Waals surface area (Å²) in [5.74, 6) is -0.831. The maximum Gasteiger partial charge on any atom is 0.274 e. The van der Waals surface area contributed by atoms with E-state index >= 15 is 0 Å². The number of nitrogens with zero attached hydrogens (tertiary/aromatic N) is 1. The fraction of sp³-hybridized carbons (Fsp3) is 0.500. The number of halogens is 3. The van der Waals surface area contributed by atoms with E-state index in [1.807, 2.05) is 5.48 Å². The summed E-state index contributed by atoms with van der Waals surface area (Å²) in [5, 5.41) is -0.00868. The zero-order valence-electron chi connectivity index (χ0n) is 12.7. The fourth-order valence-electron chi connectivity index (χ4n) is 2.32. The molecule has 0 bridgehead atoms. The summed E-state index contributed by atoms with van der Waals surface area (Å²) in [6, 6.07) is 3.69. The van der Waals surface area contributed by atoms with Crippen LogP contribution in [0, 0.1) is 0 Å². The van der Waals surface area contributed by atoms with Gasteiger partial charge in [-0.1, -0.05) is 18.0 Å². The second-order valence-electron chi connectivity index (χ2n) is 5.24. The zero-order chi connectivity index (χ0) is 17.7. The molecule has 2 rings (SSSR count). The molecule has 1 aliphatic rings. The number of carbonyl (C=O) groups is 1. The molecule has 0 radical (unpaired) electrons. The lowest BCUT2D eigenvalue weighted by molar-refractivity contribution is -0.0253. The normalized spacial score (nSPS) is 16.3. The van der Waals surface area contributed by atoms with Gasteiger partial charge >= 0.3 is 0 Å². The highest BCUT2D eigenvalue weighted by Crippen LogP contribution is 2.27. The van der Waals surface area contributed by atoms with Crippen molar-refractivity contribution in [3.05, 3.63) is 28.8 Å². The van der Waals surface area contributed by atoms with Crippen molar-refractivity contribution in [3.63, 3.8) is 0 Å². The largest absolute Gasteiger partial charge is 0.274 e. The Kier molecular flexibility index (Phi) is 6.50. The minimum absolute atomic E-state index is 0.00868. The van der Waals surface area contributed by atoms with Crippen molar-refractivity contribution >= 4 is 27.5 Å². The summed E-state index contributed by atoms with van der Waals surface area (Å²) in [6.07, 6.45) is -0.244. The average Bonchev–Trinajstić information content (AvgIpc) is 2.55. The number of hydroxylamine groups is 1. The maximum absolute atomic E-state index is 12.7. The second kappa shape index (κ2) is 8.19. The predicted molar refractivity (Wildman–Crippen MR) is 83.5 cm³/mol. The number of piperidine rings is 1. The number of hydrogen-bond donors (Lipinski definition) is 1. The number of sulfonamides is 1. The van der Waals surface area contributed by atoms with Crippen molar-refractivity contribution < 1.29 is 26.8 Å². The smallest absolute Gasteiger partial charge is 0.267 e. The van der Waals surface area contributed by atoms with E-state index in [-0.39, 0.29) is 15.5 Å². The lowest BCUT2D eigenvalue weighted by Gasteiger charge is -2.26. The van der Waals surface area contributed by atoms with Crippen molar-refractivity contribution in [2.75, 3.05) is 19.7 Å². The molecule has 0 aromatic heterocycles. The summed E-state index contributed by atoms with van der Waals surface area (Å²) in [5.41, 5.74) is 1.79. The first-order valence-corrected chi connectivity index (χ1v) is 9.14. The number of rotatable bonds is 6. The van der Waals surface area contributed by atoms with Crippen LogP contribution in [0.4, 0.5) is 8.78 Å². The highest BCUT2D eigenvalue weighted by atomic mass is 35.5. The minimum atomic E-state index is -3.82. The molecule has 1 aliphatic heterocycles. The van der Waals surface area contributed by atoms with Gasteiger partial charge in [0.25, 0.3) is 12.3 Å². The SMILES string of the molecule is O=C(NOCC(F)F)c1ccc(Cl)c(S(=O)(=O)N2CCCCC2)c1. The van der Waals surface area contributed by atoms with Gasteiger partial charge in [-0.2, -0.15) is 4.31 Å². The molecule has 0 aliphatic carbocycles. The van der Waals surface area contributed by atoms with E-state index in [0.29, 0.717) is 13.1 Å². The Hall–Kier alpha value is -1.29. The Morgan fingerprint density at radius 1 is 1.29 bits per heavy atom. The van der Waals surface area contributed by atoms with Crippen LogP contribution in [0.25, 0.3) is 0 Å². The van der Waals surface area contributed by atoms with Gasteiger partial charge in [0.2, 0.25) is 10.0 Å². The van der Waals surface area contributed by atoms with Crippen molar-refractivity contribution in [2.24, 2.45) is 0 Å². The number of alkyl halides is 2. The van der Waals surface area contributed by atoms with Gasteiger partial charge < -0.3 is 0 Å². The zero-order valence-corrected chi connectivity index (χ0v) is 14.2. The number of carbonyl (C=O) groups excluding carboxylic acids is 1. The third kappa shape index (κ3) is 4.62. The number of nitrogens with one attached hydrogen (secondary N) is 1. The molecule has 1 saturated heterocycles. The van der Waals surface area contributed by atoms with Crippen molar-refractivity contribution in [3.8, 4) is 0 Å². The molecule has 6 nitrogen and oxygen atoms in total. The van der Waals surface area contributed by atoms with Gasteiger partial charge in [-0.25, -0.2) is 22.7 Å². The van der Waals surface area contributed by atoms with Gasteiger partial charge in [0.15, 0.2) is 0 Å². The molecule has 1 heterocycles. The molecule has 0 saturated carbocycles. The standard InChI is InChI=1S/C14H17ClF2N2O4S/c15-11-5-4-10(14(20)18-23-9-13(16)17)8-12(11)24(21,22)19-6-2-1-3-7-19/h4-5,8,13H,1-3,6-7,9H2,(H,18,20). The number of hydrogen-bond acceptors (Lipinski definition) is 4. The van der Waals surface area contributed by atoms with Gasteiger partial charge in [0.1, 0.15) is 11.5 Å². The van der Waals surface area contributed by atoms with E-state index in [2.05, 4.69) is 4.84 Å². The van der Waals surface area contributed by atoms with Crippen molar-refractivity contribution in [2.45, 2.75) is 30.6 Å². The van der Waals surface area contributed by atoms with Gasteiger partial charge in [-0.3, -0.25) is 9.63 Å². The van der Waals surface area contributed by atoms with Crippen LogP contribution >= 0.6 is 11.6 Å². The topological polar surface area (TPSA) is 75.7 Å². The third-order valence-electron chi connectivity index (χ3n) is 3.50. The van der Waals surface area contributed by atoms with Crippen LogP contribution < -0.4 is 5.48 Å². The first-order chi connectivity index (χ1) is 11.3. The molecule has 134 valence electrons. The van der Waals surface area contributed by atoms with Crippen LogP contribution in [0.1, 0.15) is 29.6 Å². The molecule has 0 unspecified atom stereocenters.